The first kappa shape index (κ1) is 13.6. The zero-order chi connectivity index (χ0) is 13.3. The predicted molar refractivity (Wildman–Crippen MR) is 74.3 cm³/mol. The van der Waals surface area contributed by atoms with Gasteiger partial charge in [-0.3, -0.25) is 9.58 Å². The topological polar surface area (TPSA) is 47.1 Å². The van der Waals surface area contributed by atoms with E-state index in [4.69, 9.17) is 5.73 Å². The number of hydrogen-bond donors (Lipinski definition) is 1. The van der Waals surface area contributed by atoms with Crippen molar-refractivity contribution in [2.24, 2.45) is 18.7 Å². The second-order valence-corrected chi connectivity index (χ2v) is 5.83. The first-order valence-electron chi connectivity index (χ1n) is 6.98. The van der Waals surface area contributed by atoms with Gasteiger partial charge in [0, 0.05) is 37.9 Å². The van der Waals surface area contributed by atoms with Crippen LogP contribution in [0.25, 0.3) is 0 Å². The molecule has 0 spiro atoms. The largest absolute Gasteiger partial charge is 0.329 e. The maximum absolute atomic E-state index is 6.04. The molecule has 1 unspecified atom stereocenters. The first-order chi connectivity index (χ1) is 8.52. The Hall–Kier alpha value is -0.870. The minimum absolute atomic E-state index is 0.305. The van der Waals surface area contributed by atoms with Crippen molar-refractivity contribution in [2.75, 3.05) is 13.1 Å². The summed E-state index contributed by atoms with van der Waals surface area (Å²) in [6.45, 7) is 8.44. The number of hydrogen-bond acceptors (Lipinski definition) is 3. The average Bonchev–Trinajstić information content (AvgIpc) is 3.04. The summed E-state index contributed by atoms with van der Waals surface area (Å²) in [5.41, 5.74) is 8.43. The lowest BCUT2D eigenvalue weighted by molar-refractivity contribution is 0.149. The highest BCUT2D eigenvalue weighted by atomic mass is 15.3. The van der Waals surface area contributed by atoms with Gasteiger partial charge < -0.3 is 5.73 Å². The maximum atomic E-state index is 6.04. The molecule has 0 aromatic carbocycles. The van der Waals surface area contributed by atoms with Crippen molar-refractivity contribution >= 4 is 0 Å². The van der Waals surface area contributed by atoms with Gasteiger partial charge in [-0.25, -0.2) is 0 Å². The Morgan fingerprint density at radius 2 is 2.17 bits per heavy atom. The minimum atomic E-state index is 0.305. The molecule has 18 heavy (non-hydrogen) atoms. The van der Waals surface area contributed by atoms with E-state index in [-0.39, 0.29) is 0 Å². The SMILES string of the molecule is Cc1nn(C)cc1C(CN)N(CC1CC1)C(C)C. The van der Waals surface area contributed by atoms with E-state index in [0.29, 0.717) is 18.6 Å². The molecule has 4 heteroatoms. The van der Waals surface area contributed by atoms with E-state index in [1.165, 1.54) is 24.9 Å². The Morgan fingerprint density at radius 1 is 1.50 bits per heavy atom. The smallest absolute Gasteiger partial charge is 0.0641 e. The molecule has 1 aliphatic carbocycles. The Kier molecular flexibility index (Phi) is 4.07. The molecule has 1 heterocycles. The Labute approximate surface area is 110 Å². The van der Waals surface area contributed by atoms with Crippen molar-refractivity contribution in [1.29, 1.82) is 0 Å². The fourth-order valence-corrected chi connectivity index (χ4v) is 2.68. The van der Waals surface area contributed by atoms with E-state index in [2.05, 4.69) is 37.0 Å². The van der Waals surface area contributed by atoms with E-state index >= 15 is 0 Å². The summed E-state index contributed by atoms with van der Waals surface area (Å²) in [6.07, 6.45) is 4.88. The summed E-state index contributed by atoms with van der Waals surface area (Å²) < 4.78 is 1.89. The van der Waals surface area contributed by atoms with Crippen LogP contribution in [0, 0.1) is 12.8 Å². The van der Waals surface area contributed by atoms with Gasteiger partial charge in [-0.05, 0) is 39.5 Å². The van der Waals surface area contributed by atoms with Crippen molar-refractivity contribution in [3.05, 3.63) is 17.5 Å². The summed E-state index contributed by atoms with van der Waals surface area (Å²) in [5.74, 6) is 0.887. The lowest BCUT2D eigenvalue weighted by atomic mass is 10.0. The van der Waals surface area contributed by atoms with Gasteiger partial charge in [0.15, 0.2) is 0 Å². The van der Waals surface area contributed by atoms with Crippen molar-refractivity contribution in [2.45, 2.75) is 45.7 Å². The number of aryl methyl sites for hydroxylation is 2. The fourth-order valence-electron chi connectivity index (χ4n) is 2.68. The zero-order valence-electron chi connectivity index (χ0n) is 12.1. The molecule has 2 rings (SSSR count). The van der Waals surface area contributed by atoms with Crippen molar-refractivity contribution in [3.63, 3.8) is 0 Å². The molecule has 1 atom stereocenters. The predicted octanol–water partition coefficient (Wildman–Crippen LogP) is 1.85. The van der Waals surface area contributed by atoms with Crippen LogP contribution in [0.15, 0.2) is 6.20 Å². The third-order valence-corrected chi connectivity index (χ3v) is 3.86. The summed E-state index contributed by atoms with van der Waals surface area (Å²) in [6, 6.07) is 0.832. The molecule has 0 radical (unpaired) electrons. The second-order valence-electron chi connectivity index (χ2n) is 5.83. The van der Waals surface area contributed by atoms with Crippen LogP contribution >= 0.6 is 0 Å². The fraction of sp³-hybridized carbons (Fsp3) is 0.786. The first-order valence-corrected chi connectivity index (χ1v) is 6.98. The Balaban J connectivity index is 2.20. The number of aromatic nitrogens is 2. The molecular weight excluding hydrogens is 224 g/mol. The highest BCUT2D eigenvalue weighted by Gasteiger charge is 2.31. The molecule has 2 N–H and O–H groups in total. The van der Waals surface area contributed by atoms with Gasteiger partial charge in [0.2, 0.25) is 0 Å². The molecule has 1 saturated carbocycles. The molecular formula is C14H26N4. The van der Waals surface area contributed by atoms with Gasteiger partial charge in [-0.1, -0.05) is 0 Å². The van der Waals surface area contributed by atoms with Gasteiger partial charge in [0.25, 0.3) is 0 Å². The molecule has 1 aromatic heterocycles. The normalized spacial score (nSPS) is 17.7. The summed E-state index contributed by atoms with van der Waals surface area (Å²) >= 11 is 0. The highest BCUT2D eigenvalue weighted by Crippen LogP contribution is 2.34. The third-order valence-electron chi connectivity index (χ3n) is 3.86. The summed E-state index contributed by atoms with van der Waals surface area (Å²) in [4.78, 5) is 2.54. The standard InChI is InChI=1S/C14H26N4/c1-10(2)18(8-12-5-6-12)14(7-15)13-9-17(4)16-11(13)3/h9-10,12,14H,5-8,15H2,1-4H3. The van der Waals surface area contributed by atoms with Gasteiger partial charge >= 0.3 is 0 Å². The van der Waals surface area contributed by atoms with E-state index in [9.17, 15) is 0 Å². The lowest BCUT2D eigenvalue weighted by Gasteiger charge is -2.34. The van der Waals surface area contributed by atoms with Crippen LogP contribution in [-0.4, -0.2) is 33.8 Å². The van der Waals surface area contributed by atoms with Crippen molar-refractivity contribution < 1.29 is 0 Å². The van der Waals surface area contributed by atoms with E-state index in [0.717, 1.165) is 11.6 Å². The van der Waals surface area contributed by atoms with Crippen LogP contribution in [0.4, 0.5) is 0 Å². The molecule has 4 nitrogen and oxygen atoms in total. The van der Waals surface area contributed by atoms with Crippen LogP contribution in [0.3, 0.4) is 0 Å². The van der Waals surface area contributed by atoms with Crippen molar-refractivity contribution in [1.82, 2.24) is 14.7 Å². The quantitative estimate of drug-likeness (QED) is 0.838. The molecule has 1 fully saturated rings. The average molecular weight is 250 g/mol. The molecule has 0 saturated heterocycles. The van der Waals surface area contributed by atoms with E-state index in [1.54, 1.807) is 0 Å². The van der Waals surface area contributed by atoms with Crippen LogP contribution in [0.5, 0.6) is 0 Å². The van der Waals surface area contributed by atoms with Crippen LogP contribution in [-0.2, 0) is 7.05 Å². The van der Waals surface area contributed by atoms with Gasteiger partial charge in [0.05, 0.1) is 11.7 Å². The number of nitrogens with two attached hydrogens (primary N) is 1. The van der Waals surface area contributed by atoms with Gasteiger partial charge in [0.1, 0.15) is 0 Å². The van der Waals surface area contributed by atoms with Gasteiger partial charge in [-0.15, -0.1) is 0 Å². The molecule has 1 aromatic rings. The van der Waals surface area contributed by atoms with E-state index < -0.39 is 0 Å². The number of nitrogens with zero attached hydrogens (tertiary/aromatic N) is 3. The molecule has 1 aliphatic rings. The third kappa shape index (κ3) is 2.93. The molecule has 0 amide bonds. The Morgan fingerprint density at radius 3 is 2.56 bits per heavy atom. The number of rotatable bonds is 6. The maximum Gasteiger partial charge on any atom is 0.0641 e. The highest BCUT2D eigenvalue weighted by molar-refractivity contribution is 5.21. The minimum Gasteiger partial charge on any atom is -0.329 e. The van der Waals surface area contributed by atoms with Crippen LogP contribution in [0.2, 0.25) is 0 Å². The molecule has 0 bridgehead atoms. The van der Waals surface area contributed by atoms with Crippen LogP contribution in [0.1, 0.15) is 44.0 Å². The second kappa shape index (κ2) is 5.41. The lowest BCUT2D eigenvalue weighted by Crippen LogP contribution is -2.40. The van der Waals surface area contributed by atoms with E-state index in [1.807, 2.05) is 11.7 Å². The summed E-state index contributed by atoms with van der Waals surface area (Å²) in [7, 11) is 1.98. The summed E-state index contributed by atoms with van der Waals surface area (Å²) in [5, 5.41) is 4.45. The molecule has 0 aliphatic heterocycles. The van der Waals surface area contributed by atoms with Crippen molar-refractivity contribution in [3.8, 4) is 0 Å². The zero-order valence-corrected chi connectivity index (χ0v) is 12.1. The van der Waals surface area contributed by atoms with Crippen LogP contribution < -0.4 is 5.73 Å². The Bertz CT molecular complexity index is 392. The monoisotopic (exact) mass is 250 g/mol. The van der Waals surface area contributed by atoms with Gasteiger partial charge in [-0.2, -0.15) is 5.10 Å². The molecule has 102 valence electrons.